The van der Waals surface area contributed by atoms with E-state index in [0.717, 1.165) is 5.56 Å². The molecule has 9 heteroatoms. The number of carbonyl (C=O) groups excluding carboxylic acids is 1. The van der Waals surface area contributed by atoms with Crippen molar-refractivity contribution in [3.63, 3.8) is 0 Å². The monoisotopic (exact) mass is 353 g/mol. The average Bonchev–Trinajstić information content (AvgIpc) is 3.05. The minimum absolute atomic E-state index is 0.265. The van der Waals surface area contributed by atoms with Crippen molar-refractivity contribution in [3.05, 3.63) is 53.8 Å². The van der Waals surface area contributed by atoms with Gasteiger partial charge in [-0.1, -0.05) is 5.16 Å². The number of hydrogen-bond acceptors (Lipinski definition) is 8. The van der Waals surface area contributed by atoms with Crippen LogP contribution in [0.1, 0.15) is 21.8 Å². The summed E-state index contributed by atoms with van der Waals surface area (Å²) in [7, 11) is 0. The summed E-state index contributed by atoms with van der Waals surface area (Å²) in [5.41, 5.74) is 1.37. The molecule has 3 N–H and O–H groups in total. The highest BCUT2D eigenvalue weighted by Crippen LogP contribution is 2.14. The Labute approximate surface area is 150 Å². The molecule has 134 valence electrons. The molecule has 0 bridgehead atoms. The van der Waals surface area contributed by atoms with Gasteiger partial charge in [0.05, 0.1) is 0 Å². The molecule has 1 amide bonds. The molecule has 0 aliphatic heterocycles. The molecule has 0 radical (unpaired) electrons. The van der Waals surface area contributed by atoms with E-state index in [-0.39, 0.29) is 11.6 Å². The van der Waals surface area contributed by atoms with E-state index >= 15 is 0 Å². The standard InChI is InChI=1S/C17H19N7O2/c1-11-3-4-18-15(7-11)23-16-9-14(21-10-22-16)19-5-6-20-17(25)13-8-12(2)26-24-13/h3-4,7-10H,5-6H2,1-2H3,(H,20,25)(H2,18,19,21,22,23). The van der Waals surface area contributed by atoms with E-state index in [2.05, 4.69) is 36.1 Å². The van der Waals surface area contributed by atoms with E-state index in [1.807, 2.05) is 19.1 Å². The molecule has 0 aliphatic carbocycles. The summed E-state index contributed by atoms with van der Waals surface area (Å²) in [5.74, 6) is 2.30. The topological polar surface area (TPSA) is 118 Å². The lowest BCUT2D eigenvalue weighted by Gasteiger charge is -2.09. The molecule has 0 aliphatic rings. The largest absolute Gasteiger partial charge is 0.368 e. The number of carbonyl (C=O) groups is 1. The summed E-state index contributed by atoms with van der Waals surface area (Å²) in [6.45, 7) is 4.64. The summed E-state index contributed by atoms with van der Waals surface area (Å²) in [4.78, 5) is 24.4. The number of rotatable bonds is 7. The van der Waals surface area contributed by atoms with E-state index in [1.165, 1.54) is 6.33 Å². The van der Waals surface area contributed by atoms with Gasteiger partial charge < -0.3 is 20.5 Å². The van der Waals surface area contributed by atoms with Gasteiger partial charge in [0, 0.05) is 31.4 Å². The van der Waals surface area contributed by atoms with E-state index < -0.39 is 0 Å². The second-order valence-corrected chi connectivity index (χ2v) is 5.64. The first-order valence-electron chi connectivity index (χ1n) is 8.07. The maximum atomic E-state index is 11.9. The molecule has 9 nitrogen and oxygen atoms in total. The Balaban J connectivity index is 1.48. The van der Waals surface area contributed by atoms with Crippen molar-refractivity contribution in [2.24, 2.45) is 0 Å². The smallest absolute Gasteiger partial charge is 0.273 e. The Hall–Kier alpha value is -3.49. The third-order valence-electron chi connectivity index (χ3n) is 3.42. The van der Waals surface area contributed by atoms with E-state index in [9.17, 15) is 4.79 Å². The third kappa shape index (κ3) is 4.76. The zero-order valence-electron chi connectivity index (χ0n) is 14.5. The maximum Gasteiger partial charge on any atom is 0.273 e. The Morgan fingerprint density at radius 3 is 2.62 bits per heavy atom. The fraction of sp³-hybridized carbons (Fsp3) is 0.235. The van der Waals surface area contributed by atoms with Crippen molar-refractivity contribution in [2.45, 2.75) is 13.8 Å². The van der Waals surface area contributed by atoms with E-state index in [0.29, 0.717) is 36.3 Å². The lowest BCUT2D eigenvalue weighted by atomic mass is 10.3. The molecular weight excluding hydrogens is 334 g/mol. The van der Waals surface area contributed by atoms with Crippen molar-refractivity contribution in [3.8, 4) is 0 Å². The Morgan fingerprint density at radius 1 is 1.04 bits per heavy atom. The van der Waals surface area contributed by atoms with Crippen molar-refractivity contribution >= 4 is 23.4 Å². The molecule has 3 heterocycles. The fourth-order valence-corrected chi connectivity index (χ4v) is 2.19. The number of anilines is 3. The predicted molar refractivity (Wildman–Crippen MR) is 96.4 cm³/mol. The number of aryl methyl sites for hydroxylation is 2. The molecular formula is C17H19N7O2. The molecule has 3 rings (SSSR count). The van der Waals surface area contributed by atoms with Crippen molar-refractivity contribution < 1.29 is 9.32 Å². The molecule has 0 fully saturated rings. The summed E-state index contributed by atoms with van der Waals surface area (Å²) in [6, 6.07) is 7.21. The molecule has 0 aromatic carbocycles. The fourth-order valence-electron chi connectivity index (χ4n) is 2.19. The van der Waals surface area contributed by atoms with Gasteiger partial charge in [-0.2, -0.15) is 0 Å². The first-order valence-corrected chi connectivity index (χ1v) is 8.07. The van der Waals surface area contributed by atoms with Crippen molar-refractivity contribution in [1.82, 2.24) is 25.4 Å². The maximum absolute atomic E-state index is 11.9. The number of nitrogens with one attached hydrogen (secondary N) is 3. The van der Waals surface area contributed by atoms with Crippen LogP contribution in [0.15, 0.2) is 41.3 Å². The Morgan fingerprint density at radius 2 is 1.85 bits per heavy atom. The van der Waals surface area contributed by atoms with Crippen LogP contribution < -0.4 is 16.0 Å². The number of hydrogen-bond donors (Lipinski definition) is 3. The van der Waals surface area contributed by atoms with Crippen LogP contribution >= 0.6 is 0 Å². The average molecular weight is 353 g/mol. The minimum atomic E-state index is -0.279. The third-order valence-corrected chi connectivity index (χ3v) is 3.42. The van der Waals surface area contributed by atoms with Crippen LogP contribution in [-0.4, -0.2) is 39.1 Å². The van der Waals surface area contributed by atoms with Crippen molar-refractivity contribution in [1.29, 1.82) is 0 Å². The van der Waals surface area contributed by atoms with Crippen LogP contribution in [-0.2, 0) is 0 Å². The Bertz CT molecular complexity index is 894. The van der Waals surface area contributed by atoms with Gasteiger partial charge in [0.15, 0.2) is 5.69 Å². The van der Waals surface area contributed by atoms with Gasteiger partial charge in [0.2, 0.25) is 0 Å². The number of aromatic nitrogens is 4. The van der Waals surface area contributed by atoms with Crippen molar-refractivity contribution in [2.75, 3.05) is 23.7 Å². The normalized spacial score (nSPS) is 10.4. The molecule has 3 aromatic heterocycles. The van der Waals surface area contributed by atoms with E-state index in [4.69, 9.17) is 4.52 Å². The molecule has 0 atom stereocenters. The van der Waals surface area contributed by atoms with Gasteiger partial charge in [0.1, 0.15) is 29.5 Å². The molecule has 0 unspecified atom stereocenters. The SMILES string of the molecule is Cc1ccnc(Nc2cc(NCCNC(=O)c3cc(C)on3)ncn2)c1. The first kappa shape index (κ1) is 17.3. The molecule has 0 saturated heterocycles. The molecule has 26 heavy (non-hydrogen) atoms. The highest BCUT2D eigenvalue weighted by Gasteiger charge is 2.09. The highest BCUT2D eigenvalue weighted by molar-refractivity contribution is 5.92. The van der Waals surface area contributed by atoms with Gasteiger partial charge >= 0.3 is 0 Å². The van der Waals surface area contributed by atoms with Gasteiger partial charge in [0.25, 0.3) is 5.91 Å². The summed E-state index contributed by atoms with van der Waals surface area (Å²) in [5, 5.41) is 12.7. The molecule has 3 aromatic rings. The van der Waals surface area contributed by atoms with Crippen LogP contribution in [0, 0.1) is 13.8 Å². The van der Waals surface area contributed by atoms with Gasteiger partial charge in [-0.05, 0) is 31.5 Å². The van der Waals surface area contributed by atoms with Gasteiger partial charge in [-0.15, -0.1) is 0 Å². The molecule has 0 spiro atoms. The van der Waals surface area contributed by atoms with Crippen LogP contribution in [0.3, 0.4) is 0 Å². The van der Waals surface area contributed by atoms with Gasteiger partial charge in [-0.3, -0.25) is 4.79 Å². The lowest BCUT2D eigenvalue weighted by molar-refractivity contribution is 0.0946. The summed E-state index contributed by atoms with van der Waals surface area (Å²) < 4.78 is 4.88. The van der Waals surface area contributed by atoms with Crippen LogP contribution in [0.5, 0.6) is 0 Å². The second-order valence-electron chi connectivity index (χ2n) is 5.64. The minimum Gasteiger partial charge on any atom is -0.368 e. The summed E-state index contributed by atoms with van der Waals surface area (Å²) in [6.07, 6.45) is 3.19. The number of amides is 1. The first-order chi connectivity index (χ1) is 12.6. The van der Waals surface area contributed by atoms with Crippen LogP contribution in [0.4, 0.5) is 17.5 Å². The summed E-state index contributed by atoms with van der Waals surface area (Å²) >= 11 is 0. The van der Waals surface area contributed by atoms with Gasteiger partial charge in [-0.25, -0.2) is 15.0 Å². The number of nitrogens with zero attached hydrogens (tertiary/aromatic N) is 4. The molecule has 0 saturated carbocycles. The predicted octanol–water partition coefficient (Wildman–Crippen LogP) is 2.06. The number of pyridine rings is 1. The zero-order valence-corrected chi connectivity index (χ0v) is 14.5. The Kier molecular flexibility index (Phi) is 5.37. The van der Waals surface area contributed by atoms with E-state index in [1.54, 1.807) is 25.3 Å². The van der Waals surface area contributed by atoms with Crippen LogP contribution in [0.25, 0.3) is 0 Å². The second kappa shape index (κ2) is 8.06. The zero-order chi connectivity index (χ0) is 18.4. The lowest BCUT2D eigenvalue weighted by Crippen LogP contribution is -2.29. The van der Waals surface area contributed by atoms with Crippen LogP contribution in [0.2, 0.25) is 0 Å². The quantitative estimate of drug-likeness (QED) is 0.553. The highest BCUT2D eigenvalue weighted by atomic mass is 16.5.